The highest BCUT2D eigenvalue weighted by atomic mass is 35.5. The van der Waals surface area contributed by atoms with E-state index in [1.807, 2.05) is 50.2 Å². The van der Waals surface area contributed by atoms with Gasteiger partial charge in [-0.3, -0.25) is 4.79 Å². The summed E-state index contributed by atoms with van der Waals surface area (Å²) in [6, 6.07) is 11.3. The molecule has 0 saturated carbocycles. The number of halogens is 1. The van der Waals surface area contributed by atoms with Crippen molar-refractivity contribution in [1.29, 1.82) is 0 Å². The minimum absolute atomic E-state index is 0.0124. The molecule has 25 heavy (non-hydrogen) atoms. The van der Waals surface area contributed by atoms with Crippen LogP contribution in [0.1, 0.15) is 36.1 Å². The van der Waals surface area contributed by atoms with Gasteiger partial charge in [-0.1, -0.05) is 29.8 Å². The Morgan fingerprint density at radius 3 is 2.44 bits per heavy atom. The first-order chi connectivity index (χ1) is 12.0. The summed E-state index contributed by atoms with van der Waals surface area (Å²) < 4.78 is 10.7. The lowest BCUT2D eigenvalue weighted by Gasteiger charge is -2.19. The third-order valence-corrected chi connectivity index (χ3v) is 4.56. The fraction of sp³-hybridized carbons (Fsp3) is 0.350. The Morgan fingerprint density at radius 2 is 1.80 bits per heavy atom. The number of carbonyl (C=O) groups is 1. The Labute approximate surface area is 154 Å². The minimum Gasteiger partial charge on any atom is -0.493 e. The number of ether oxygens (including phenoxy) is 2. The lowest BCUT2D eigenvalue weighted by atomic mass is 10.0. The number of carbonyl (C=O) groups excluding carboxylic acids is 1. The molecule has 2 aromatic rings. The van der Waals surface area contributed by atoms with Crippen LogP contribution in [0, 0.1) is 6.92 Å². The topological polar surface area (TPSA) is 47.6 Å². The molecule has 0 bridgehead atoms. The zero-order valence-electron chi connectivity index (χ0n) is 15.1. The highest BCUT2D eigenvalue weighted by Crippen LogP contribution is 2.32. The van der Waals surface area contributed by atoms with Crippen LogP contribution in [0.3, 0.4) is 0 Å². The van der Waals surface area contributed by atoms with Gasteiger partial charge in [0.2, 0.25) is 5.91 Å². The second kappa shape index (κ2) is 8.77. The van der Waals surface area contributed by atoms with Crippen molar-refractivity contribution >= 4 is 17.5 Å². The SMILES string of the molecule is COc1cc(C)c(C(C)NC(=O)CCc2ccccc2Cl)cc1OC. The smallest absolute Gasteiger partial charge is 0.220 e. The molecule has 0 aliphatic carbocycles. The molecule has 0 fully saturated rings. The molecule has 2 rings (SSSR count). The van der Waals surface area contributed by atoms with Gasteiger partial charge in [0.1, 0.15) is 0 Å². The molecule has 0 heterocycles. The van der Waals surface area contributed by atoms with E-state index in [9.17, 15) is 4.79 Å². The summed E-state index contributed by atoms with van der Waals surface area (Å²) >= 11 is 6.13. The predicted molar refractivity (Wildman–Crippen MR) is 101 cm³/mol. The summed E-state index contributed by atoms with van der Waals surface area (Å²) in [7, 11) is 3.21. The van der Waals surface area contributed by atoms with Crippen molar-refractivity contribution < 1.29 is 14.3 Å². The molecule has 4 nitrogen and oxygen atoms in total. The zero-order valence-corrected chi connectivity index (χ0v) is 15.8. The monoisotopic (exact) mass is 361 g/mol. The molecule has 0 aromatic heterocycles. The third kappa shape index (κ3) is 4.89. The van der Waals surface area contributed by atoms with Crippen LogP contribution in [0.5, 0.6) is 11.5 Å². The van der Waals surface area contributed by atoms with Crippen LogP contribution in [-0.2, 0) is 11.2 Å². The Morgan fingerprint density at radius 1 is 1.16 bits per heavy atom. The molecule has 0 aliphatic heterocycles. The largest absolute Gasteiger partial charge is 0.493 e. The van der Waals surface area contributed by atoms with E-state index < -0.39 is 0 Å². The number of rotatable bonds is 7. The van der Waals surface area contributed by atoms with Gasteiger partial charge in [0, 0.05) is 11.4 Å². The van der Waals surface area contributed by atoms with Crippen LogP contribution in [0.15, 0.2) is 36.4 Å². The Kier molecular flexibility index (Phi) is 6.71. The quantitative estimate of drug-likeness (QED) is 0.791. The number of benzene rings is 2. The number of methoxy groups -OCH3 is 2. The first-order valence-corrected chi connectivity index (χ1v) is 8.59. The Hall–Kier alpha value is -2.20. The van der Waals surface area contributed by atoms with Crippen LogP contribution >= 0.6 is 11.6 Å². The second-order valence-electron chi connectivity index (χ2n) is 5.94. The first kappa shape index (κ1) is 19.1. The maximum atomic E-state index is 12.3. The molecule has 134 valence electrons. The fourth-order valence-corrected chi connectivity index (χ4v) is 3.03. The average Bonchev–Trinajstić information content (AvgIpc) is 2.60. The lowest BCUT2D eigenvalue weighted by Crippen LogP contribution is -2.27. The molecule has 5 heteroatoms. The maximum absolute atomic E-state index is 12.3. The average molecular weight is 362 g/mol. The van der Waals surface area contributed by atoms with Crippen LogP contribution in [-0.4, -0.2) is 20.1 Å². The number of aryl methyl sites for hydroxylation is 2. The predicted octanol–water partition coefficient (Wildman–Crippen LogP) is 4.48. The maximum Gasteiger partial charge on any atom is 0.220 e. The third-order valence-electron chi connectivity index (χ3n) is 4.20. The van der Waals surface area contributed by atoms with E-state index in [0.717, 1.165) is 16.7 Å². The van der Waals surface area contributed by atoms with E-state index in [-0.39, 0.29) is 11.9 Å². The van der Waals surface area contributed by atoms with Crippen molar-refractivity contribution in [3.05, 3.63) is 58.1 Å². The number of amides is 1. The molecular weight excluding hydrogens is 338 g/mol. The van der Waals surface area contributed by atoms with Crippen molar-refractivity contribution in [2.24, 2.45) is 0 Å². The Bertz CT molecular complexity index is 746. The number of hydrogen-bond acceptors (Lipinski definition) is 3. The van der Waals surface area contributed by atoms with Crippen molar-refractivity contribution in [3.8, 4) is 11.5 Å². The van der Waals surface area contributed by atoms with Gasteiger partial charge >= 0.3 is 0 Å². The zero-order chi connectivity index (χ0) is 18.4. The highest BCUT2D eigenvalue weighted by Gasteiger charge is 2.16. The van der Waals surface area contributed by atoms with Gasteiger partial charge in [0.25, 0.3) is 0 Å². The Balaban J connectivity index is 2.02. The van der Waals surface area contributed by atoms with Gasteiger partial charge in [-0.05, 0) is 55.2 Å². The van der Waals surface area contributed by atoms with E-state index >= 15 is 0 Å². The summed E-state index contributed by atoms with van der Waals surface area (Å²) in [5.74, 6) is 1.32. The summed E-state index contributed by atoms with van der Waals surface area (Å²) in [5, 5.41) is 3.73. The van der Waals surface area contributed by atoms with E-state index in [1.54, 1.807) is 14.2 Å². The van der Waals surface area contributed by atoms with E-state index in [1.165, 1.54) is 0 Å². The van der Waals surface area contributed by atoms with Gasteiger partial charge < -0.3 is 14.8 Å². The minimum atomic E-state index is -0.126. The molecule has 0 spiro atoms. The molecule has 0 saturated heterocycles. The lowest BCUT2D eigenvalue weighted by molar-refractivity contribution is -0.121. The van der Waals surface area contributed by atoms with E-state index in [2.05, 4.69) is 5.32 Å². The summed E-state index contributed by atoms with van der Waals surface area (Å²) in [6.45, 7) is 3.95. The molecule has 1 N–H and O–H groups in total. The van der Waals surface area contributed by atoms with Gasteiger partial charge in [0.15, 0.2) is 11.5 Å². The van der Waals surface area contributed by atoms with E-state index in [4.69, 9.17) is 21.1 Å². The summed E-state index contributed by atoms with van der Waals surface area (Å²) in [5.41, 5.74) is 3.02. The van der Waals surface area contributed by atoms with Crippen molar-refractivity contribution in [2.75, 3.05) is 14.2 Å². The number of hydrogen-bond donors (Lipinski definition) is 1. The fourth-order valence-electron chi connectivity index (χ4n) is 2.80. The molecule has 2 aromatic carbocycles. The van der Waals surface area contributed by atoms with Crippen molar-refractivity contribution in [3.63, 3.8) is 0 Å². The van der Waals surface area contributed by atoms with Gasteiger partial charge in [-0.2, -0.15) is 0 Å². The normalized spacial score (nSPS) is 11.7. The molecule has 0 aliphatic rings. The van der Waals surface area contributed by atoms with Crippen LogP contribution in [0.2, 0.25) is 5.02 Å². The molecule has 1 amide bonds. The van der Waals surface area contributed by atoms with Crippen LogP contribution in [0.25, 0.3) is 0 Å². The molecule has 1 atom stereocenters. The van der Waals surface area contributed by atoms with Crippen LogP contribution in [0.4, 0.5) is 0 Å². The summed E-state index contributed by atoms with van der Waals surface area (Å²) in [4.78, 5) is 12.3. The second-order valence-corrected chi connectivity index (χ2v) is 6.35. The molecule has 1 unspecified atom stereocenters. The van der Waals surface area contributed by atoms with Crippen LogP contribution < -0.4 is 14.8 Å². The number of nitrogens with one attached hydrogen (secondary N) is 1. The summed E-state index contributed by atoms with van der Waals surface area (Å²) in [6.07, 6.45) is 1.00. The molecule has 0 radical (unpaired) electrons. The van der Waals surface area contributed by atoms with Crippen molar-refractivity contribution in [1.82, 2.24) is 5.32 Å². The van der Waals surface area contributed by atoms with E-state index in [0.29, 0.717) is 29.4 Å². The van der Waals surface area contributed by atoms with Gasteiger partial charge in [-0.25, -0.2) is 0 Å². The van der Waals surface area contributed by atoms with Crippen molar-refractivity contribution in [2.45, 2.75) is 32.7 Å². The van der Waals surface area contributed by atoms with Gasteiger partial charge in [0.05, 0.1) is 20.3 Å². The molecular formula is C20H24ClNO3. The first-order valence-electron chi connectivity index (χ1n) is 8.21. The van der Waals surface area contributed by atoms with Gasteiger partial charge in [-0.15, -0.1) is 0 Å². The highest BCUT2D eigenvalue weighted by molar-refractivity contribution is 6.31. The standard InChI is InChI=1S/C20H24ClNO3/c1-13-11-18(24-3)19(25-4)12-16(13)14(2)22-20(23)10-9-15-7-5-6-8-17(15)21/h5-8,11-12,14H,9-10H2,1-4H3,(H,22,23).